The van der Waals surface area contributed by atoms with E-state index in [0.717, 1.165) is 11.8 Å². The number of rotatable bonds is 4. The van der Waals surface area contributed by atoms with E-state index in [1.165, 1.54) is 31.4 Å². The lowest BCUT2D eigenvalue weighted by atomic mass is 9.95. The highest BCUT2D eigenvalue weighted by Crippen LogP contribution is 2.29. The first-order valence-electron chi connectivity index (χ1n) is 6.15. The maximum atomic E-state index is 4.30. The van der Waals surface area contributed by atoms with Crippen molar-refractivity contribution in [1.82, 2.24) is 9.78 Å². The molecule has 1 N–H and O–H groups in total. The number of aromatic nitrogens is 2. The number of nitrogens with zero attached hydrogens (tertiary/aromatic N) is 2. The maximum absolute atomic E-state index is 4.30. The second-order valence-electron chi connectivity index (χ2n) is 4.39. The van der Waals surface area contributed by atoms with Crippen LogP contribution in [0.2, 0.25) is 0 Å². The molecule has 90 valence electrons. The minimum atomic E-state index is 0.623. The standard InChI is InChI=1S/C12H21N3S/c1-3-15-9-10(8-13-15)14-11-6-4-5-7-12(11)16-2/h8-9,11-12,14H,3-7H2,1-2H3. The van der Waals surface area contributed by atoms with Gasteiger partial charge in [-0.3, -0.25) is 4.68 Å². The largest absolute Gasteiger partial charge is 0.379 e. The van der Waals surface area contributed by atoms with Gasteiger partial charge in [0, 0.05) is 24.0 Å². The van der Waals surface area contributed by atoms with Crippen LogP contribution >= 0.6 is 11.8 Å². The van der Waals surface area contributed by atoms with E-state index >= 15 is 0 Å². The monoisotopic (exact) mass is 239 g/mol. The van der Waals surface area contributed by atoms with Gasteiger partial charge in [0.1, 0.15) is 0 Å². The van der Waals surface area contributed by atoms with Crippen LogP contribution in [0.5, 0.6) is 0 Å². The zero-order chi connectivity index (χ0) is 11.4. The summed E-state index contributed by atoms with van der Waals surface area (Å²) in [7, 11) is 0. The topological polar surface area (TPSA) is 29.9 Å². The van der Waals surface area contributed by atoms with Crippen molar-refractivity contribution in [2.75, 3.05) is 11.6 Å². The van der Waals surface area contributed by atoms with Crippen molar-refractivity contribution in [3.63, 3.8) is 0 Å². The van der Waals surface area contributed by atoms with Gasteiger partial charge in [-0.05, 0) is 26.0 Å². The van der Waals surface area contributed by atoms with E-state index in [1.807, 2.05) is 22.6 Å². The molecular formula is C12H21N3S. The van der Waals surface area contributed by atoms with Crippen molar-refractivity contribution in [2.24, 2.45) is 0 Å². The van der Waals surface area contributed by atoms with Crippen LogP contribution in [0, 0.1) is 0 Å². The molecule has 0 radical (unpaired) electrons. The number of hydrogen-bond donors (Lipinski definition) is 1. The van der Waals surface area contributed by atoms with Gasteiger partial charge in [-0.1, -0.05) is 12.8 Å². The summed E-state index contributed by atoms with van der Waals surface area (Å²) < 4.78 is 1.97. The Bertz CT molecular complexity index is 324. The molecule has 4 heteroatoms. The maximum Gasteiger partial charge on any atom is 0.0729 e. The Balaban J connectivity index is 1.96. The Morgan fingerprint density at radius 2 is 2.31 bits per heavy atom. The Morgan fingerprint density at radius 1 is 1.50 bits per heavy atom. The SMILES string of the molecule is CCn1cc(NC2CCCCC2SC)cn1. The van der Waals surface area contributed by atoms with Crippen LogP contribution in [0.1, 0.15) is 32.6 Å². The third kappa shape index (κ3) is 2.73. The predicted octanol–water partition coefficient (Wildman–Crippen LogP) is 2.99. The van der Waals surface area contributed by atoms with Gasteiger partial charge < -0.3 is 5.32 Å². The molecular weight excluding hydrogens is 218 g/mol. The number of thioether (sulfide) groups is 1. The smallest absolute Gasteiger partial charge is 0.0729 e. The van der Waals surface area contributed by atoms with Crippen LogP contribution < -0.4 is 5.32 Å². The van der Waals surface area contributed by atoms with E-state index in [4.69, 9.17) is 0 Å². The molecule has 0 spiro atoms. The van der Waals surface area contributed by atoms with E-state index in [0.29, 0.717) is 6.04 Å². The van der Waals surface area contributed by atoms with Crippen LogP contribution in [-0.4, -0.2) is 27.3 Å². The molecule has 1 aliphatic carbocycles. The summed E-state index contributed by atoms with van der Waals surface area (Å²) in [5, 5.41) is 8.69. The number of anilines is 1. The summed E-state index contributed by atoms with van der Waals surface area (Å²) in [6.07, 6.45) is 11.7. The number of hydrogen-bond acceptors (Lipinski definition) is 3. The summed E-state index contributed by atoms with van der Waals surface area (Å²) in [5.74, 6) is 0. The molecule has 1 aliphatic rings. The first-order valence-corrected chi connectivity index (χ1v) is 7.44. The minimum Gasteiger partial charge on any atom is -0.379 e. The van der Waals surface area contributed by atoms with Crippen molar-refractivity contribution in [2.45, 2.75) is 50.4 Å². The number of nitrogens with one attached hydrogen (secondary N) is 1. The van der Waals surface area contributed by atoms with Gasteiger partial charge in [-0.15, -0.1) is 0 Å². The molecule has 0 amide bonds. The second kappa shape index (κ2) is 5.62. The zero-order valence-electron chi connectivity index (χ0n) is 10.1. The van der Waals surface area contributed by atoms with E-state index in [1.54, 1.807) is 0 Å². The first kappa shape index (κ1) is 11.8. The Kier molecular flexibility index (Phi) is 4.16. The van der Waals surface area contributed by atoms with E-state index in [-0.39, 0.29) is 0 Å². The molecule has 1 heterocycles. The summed E-state index contributed by atoms with van der Waals surface area (Å²) in [4.78, 5) is 0. The molecule has 2 rings (SSSR count). The third-order valence-electron chi connectivity index (χ3n) is 3.31. The van der Waals surface area contributed by atoms with Crippen LogP contribution in [0.4, 0.5) is 5.69 Å². The van der Waals surface area contributed by atoms with Crippen molar-refractivity contribution in [1.29, 1.82) is 0 Å². The molecule has 0 saturated heterocycles. The highest BCUT2D eigenvalue weighted by Gasteiger charge is 2.24. The fourth-order valence-corrected chi connectivity index (χ4v) is 3.30. The van der Waals surface area contributed by atoms with Gasteiger partial charge in [0.15, 0.2) is 0 Å². The molecule has 1 aromatic heterocycles. The van der Waals surface area contributed by atoms with E-state index in [2.05, 4.69) is 29.8 Å². The van der Waals surface area contributed by atoms with Gasteiger partial charge >= 0.3 is 0 Å². The normalized spacial score (nSPS) is 25.6. The second-order valence-corrected chi connectivity index (χ2v) is 5.47. The Labute approximate surface area is 102 Å². The van der Waals surface area contributed by atoms with Gasteiger partial charge in [0.25, 0.3) is 0 Å². The number of aryl methyl sites for hydroxylation is 1. The average Bonchev–Trinajstić information content (AvgIpc) is 2.77. The summed E-state index contributed by atoms with van der Waals surface area (Å²) >= 11 is 2.00. The van der Waals surface area contributed by atoms with E-state index in [9.17, 15) is 0 Å². The predicted molar refractivity (Wildman–Crippen MR) is 71.1 cm³/mol. The van der Waals surface area contributed by atoms with Crippen molar-refractivity contribution in [3.8, 4) is 0 Å². The lowest BCUT2D eigenvalue weighted by Gasteiger charge is -2.31. The van der Waals surface area contributed by atoms with Gasteiger partial charge in [-0.2, -0.15) is 16.9 Å². The van der Waals surface area contributed by atoms with E-state index < -0.39 is 0 Å². The van der Waals surface area contributed by atoms with Crippen LogP contribution in [-0.2, 0) is 6.54 Å². The Morgan fingerprint density at radius 3 is 3.00 bits per heavy atom. The highest BCUT2D eigenvalue weighted by atomic mass is 32.2. The highest BCUT2D eigenvalue weighted by molar-refractivity contribution is 7.99. The average molecular weight is 239 g/mol. The summed E-state index contributed by atoms with van der Waals surface area (Å²) in [5.41, 5.74) is 1.17. The molecule has 0 aromatic carbocycles. The fraction of sp³-hybridized carbons (Fsp3) is 0.750. The Hall–Kier alpha value is -0.640. The van der Waals surface area contributed by atoms with Crippen LogP contribution in [0.25, 0.3) is 0 Å². The lowest BCUT2D eigenvalue weighted by Crippen LogP contribution is -2.34. The summed E-state index contributed by atoms with van der Waals surface area (Å²) in [6.45, 7) is 3.06. The van der Waals surface area contributed by atoms with Crippen LogP contribution in [0.3, 0.4) is 0 Å². The van der Waals surface area contributed by atoms with Crippen molar-refractivity contribution < 1.29 is 0 Å². The molecule has 1 fully saturated rings. The fourth-order valence-electron chi connectivity index (χ4n) is 2.37. The summed E-state index contributed by atoms with van der Waals surface area (Å²) in [6, 6.07) is 0.623. The first-order chi connectivity index (χ1) is 7.83. The van der Waals surface area contributed by atoms with Crippen LogP contribution in [0.15, 0.2) is 12.4 Å². The van der Waals surface area contributed by atoms with Crippen molar-refractivity contribution in [3.05, 3.63) is 12.4 Å². The molecule has 0 bridgehead atoms. The molecule has 2 unspecified atom stereocenters. The zero-order valence-corrected chi connectivity index (χ0v) is 11.0. The molecule has 0 aliphatic heterocycles. The quantitative estimate of drug-likeness (QED) is 0.876. The lowest BCUT2D eigenvalue weighted by molar-refractivity contribution is 0.475. The van der Waals surface area contributed by atoms with Gasteiger partial charge in [0.2, 0.25) is 0 Å². The van der Waals surface area contributed by atoms with Crippen molar-refractivity contribution >= 4 is 17.4 Å². The molecule has 16 heavy (non-hydrogen) atoms. The third-order valence-corrected chi connectivity index (χ3v) is 4.48. The minimum absolute atomic E-state index is 0.623. The van der Waals surface area contributed by atoms with Gasteiger partial charge in [0.05, 0.1) is 11.9 Å². The van der Waals surface area contributed by atoms with Gasteiger partial charge in [-0.25, -0.2) is 0 Å². The molecule has 1 saturated carbocycles. The molecule has 3 nitrogen and oxygen atoms in total. The molecule has 1 aromatic rings. The molecule has 2 atom stereocenters.